The molecule has 4 rings (SSSR count). The third kappa shape index (κ3) is 2.92. The number of hydrogen-bond acceptors (Lipinski definition) is 4. The summed E-state index contributed by atoms with van der Waals surface area (Å²) < 4.78 is 0. The molecule has 2 saturated carbocycles. The molecule has 0 radical (unpaired) electrons. The van der Waals surface area contributed by atoms with Crippen molar-refractivity contribution < 1.29 is 9.59 Å². The average Bonchev–Trinajstić information content (AvgIpc) is 3.09. The fourth-order valence-corrected chi connectivity index (χ4v) is 3.93. The molecule has 0 heterocycles. The van der Waals surface area contributed by atoms with E-state index in [1.54, 1.807) is 0 Å². The van der Waals surface area contributed by atoms with Crippen LogP contribution in [0.3, 0.4) is 0 Å². The maximum absolute atomic E-state index is 11.8. The molecule has 24 heavy (non-hydrogen) atoms. The van der Waals surface area contributed by atoms with Gasteiger partial charge in [0.25, 0.3) is 0 Å². The molecule has 6 heteroatoms. The second-order valence-corrected chi connectivity index (χ2v) is 7.08. The zero-order valence-electron chi connectivity index (χ0n) is 13.6. The van der Waals surface area contributed by atoms with Gasteiger partial charge in [-0.2, -0.15) is 10.2 Å². The van der Waals surface area contributed by atoms with Crippen LogP contribution in [0.1, 0.15) is 38.5 Å². The summed E-state index contributed by atoms with van der Waals surface area (Å²) in [5.41, 5.74) is 7.21. The standard InChI is InChI=1S/C18H22N4O2/c23-17(21-19-15-9-11-3-1-5-13(11)15)7-8-18(24)22-20-16-10-12-4-2-6-14(12)16/h1-2,5-6,11-14H,3-4,7-10H2,(H,21,23)(H,22,24)/b19-15-,20-16-/t11-,12+,13-,14-/m1/s1. The summed E-state index contributed by atoms with van der Waals surface area (Å²) >= 11 is 0. The van der Waals surface area contributed by atoms with Crippen LogP contribution in [-0.4, -0.2) is 23.2 Å². The summed E-state index contributed by atoms with van der Waals surface area (Å²) in [6, 6.07) is 0. The van der Waals surface area contributed by atoms with E-state index in [1.807, 2.05) is 0 Å². The Kier molecular flexibility index (Phi) is 4.04. The number of fused-ring (bicyclic) bond motifs is 2. The Labute approximate surface area is 141 Å². The lowest BCUT2D eigenvalue weighted by Gasteiger charge is -2.31. The van der Waals surface area contributed by atoms with Crippen molar-refractivity contribution in [2.24, 2.45) is 33.9 Å². The Morgan fingerprint density at radius 1 is 0.875 bits per heavy atom. The fourth-order valence-electron chi connectivity index (χ4n) is 3.93. The lowest BCUT2D eigenvalue weighted by Crippen LogP contribution is -2.36. The first-order chi connectivity index (χ1) is 11.7. The molecule has 0 unspecified atom stereocenters. The van der Waals surface area contributed by atoms with Crippen molar-refractivity contribution in [2.45, 2.75) is 38.5 Å². The molecule has 0 aromatic carbocycles. The average molecular weight is 326 g/mol. The molecule has 0 bridgehead atoms. The van der Waals surface area contributed by atoms with Crippen molar-refractivity contribution in [1.29, 1.82) is 0 Å². The molecule has 0 aliphatic heterocycles. The molecule has 4 atom stereocenters. The van der Waals surface area contributed by atoms with E-state index in [0.717, 1.165) is 37.1 Å². The maximum Gasteiger partial charge on any atom is 0.240 e. The zero-order valence-corrected chi connectivity index (χ0v) is 13.6. The minimum absolute atomic E-state index is 0.128. The van der Waals surface area contributed by atoms with E-state index in [4.69, 9.17) is 0 Å². The smallest absolute Gasteiger partial charge is 0.240 e. The molecule has 0 saturated heterocycles. The minimum atomic E-state index is -0.224. The lowest BCUT2D eigenvalue weighted by molar-refractivity contribution is -0.126. The maximum atomic E-state index is 11.8. The van der Waals surface area contributed by atoms with E-state index >= 15 is 0 Å². The van der Waals surface area contributed by atoms with Gasteiger partial charge in [-0.3, -0.25) is 9.59 Å². The molecule has 126 valence electrons. The van der Waals surface area contributed by atoms with Crippen LogP contribution < -0.4 is 10.9 Å². The van der Waals surface area contributed by atoms with Gasteiger partial charge >= 0.3 is 0 Å². The highest BCUT2D eigenvalue weighted by molar-refractivity contribution is 5.96. The van der Waals surface area contributed by atoms with Gasteiger partial charge in [-0.25, -0.2) is 10.9 Å². The summed E-state index contributed by atoms with van der Waals surface area (Å²) in [4.78, 5) is 23.6. The Bertz CT molecular complexity index is 619. The Morgan fingerprint density at radius 2 is 1.33 bits per heavy atom. The van der Waals surface area contributed by atoms with E-state index in [1.165, 1.54) is 0 Å². The number of nitrogens with one attached hydrogen (secondary N) is 2. The van der Waals surface area contributed by atoms with E-state index in [0.29, 0.717) is 23.7 Å². The highest BCUT2D eigenvalue weighted by Crippen LogP contribution is 2.40. The van der Waals surface area contributed by atoms with Crippen molar-refractivity contribution in [1.82, 2.24) is 10.9 Å². The van der Waals surface area contributed by atoms with Crippen molar-refractivity contribution in [3.05, 3.63) is 24.3 Å². The predicted octanol–water partition coefficient (Wildman–Crippen LogP) is 1.90. The Hall–Kier alpha value is -2.24. The van der Waals surface area contributed by atoms with E-state index in [-0.39, 0.29) is 24.7 Å². The highest BCUT2D eigenvalue weighted by Gasteiger charge is 2.38. The van der Waals surface area contributed by atoms with Crippen LogP contribution >= 0.6 is 0 Å². The summed E-state index contributed by atoms with van der Waals surface area (Å²) in [6.07, 6.45) is 13.1. The summed E-state index contributed by atoms with van der Waals surface area (Å²) in [6.45, 7) is 0. The van der Waals surface area contributed by atoms with Crippen molar-refractivity contribution in [3.8, 4) is 0 Å². The molecule has 4 aliphatic carbocycles. The van der Waals surface area contributed by atoms with Crippen LogP contribution in [0.15, 0.2) is 34.5 Å². The largest absolute Gasteiger partial charge is 0.273 e. The van der Waals surface area contributed by atoms with Crippen LogP contribution in [0.25, 0.3) is 0 Å². The van der Waals surface area contributed by atoms with E-state index in [2.05, 4.69) is 45.4 Å². The number of carbonyl (C=O) groups is 2. The van der Waals surface area contributed by atoms with Gasteiger partial charge in [-0.05, 0) is 37.5 Å². The van der Waals surface area contributed by atoms with Crippen LogP contribution in [0, 0.1) is 23.7 Å². The molecule has 4 aliphatic rings. The molecule has 0 aromatic heterocycles. The first-order valence-electron chi connectivity index (χ1n) is 8.74. The van der Waals surface area contributed by atoms with Crippen molar-refractivity contribution in [2.75, 3.05) is 0 Å². The number of nitrogens with zero attached hydrogens (tertiary/aromatic N) is 2. The van der Waals surface area contributed by atoms with Gasteiger partial charge in [0.1, 0.15) is 0 Å². The first kappa shape index (κ1) is 15.3. The van der Waals surface area contributed by atoms with Gasteiger partial charge in [-0.15, -0.1) is 0 Å². The summed E-state index contributed by atoms with van der Waals surface area (Å²) in [5, 5.41) is 8.36. The van der Waals surface area contributed by atoms with Crippen molar-refractivity contribution >= 4 is 23.2 Å². The molecule has 2 N–H and O–H groups in total. The molecular formula is C18H22N4O2. The van der Waals surface area contributed by atoms with Gasteiger partial charge in [0.15, 0.2) is 0 Å². The normalized spacial score (nSPS) is 35.3. The van der Waals surface area contributed by atoms with Crippen molar-refractivity contribution in [3.63, 3.8) is 0 Å². The molecule has 2 fully saturated rings. The van der Waals surface area contributed by atoms with Gasteiger partial charge < -0.3 is 0 Å². The van der Waals surface area contributed by atoms with Gasteiger partial charge in [0, 0.05) is 36.1 Å². The van der Waals surface area contributed by atoms with Gasteiger partial charge in [0.05, 0.1) is 0 Å². The van der Waals surface area contributed by atoms with Crippen LogP contribution in [-0.2, 0) is 9.59 Å². The second-order valence-electron chi connectivity index (χ2n) is 7.08. The minimum Gasteiger partial charge on any atom is -0.273 e. The third-order valence-corrected chi connectivity index (χ3v) is 5.52. The van der Waals surface area contributed by atoms with E-state index < -0.39 is 0 Å². The van der Waals surface area contributed by atoms with Gasteiger partial charge in [0.2, 0.25) is 11.8 Å². The lowest BCUT2D eigenvalue weighted by atomic mass is 9.74. The zero-order chi connectivity index (χ0) is 16.5. The summed E-state index contributed by atoms with van der Waals surface area (Å²) in [7, 11) is 0. The number of rotatable bonds is 5. The number of hydrazone groups is 2. The van der Waals surface area contributed by atoms with Crippen LogP contribution in [0.2, 0.25) is 0 Å². The monoisotopic (exact) mass is 326 g/mol. The highest BCUT2D eigenvalue weighted by atomic mass is 16.2. The molecule has 0 spiro atoms. The molecule has 6 nitrogen and oxygen atoms in total. The Morgan fingerprint density at radius 3 is 1.75 bits per heavy atom. The first-order valence-corrected chi connectivity index (χ1v) is 8.74. The Balaban J connectivity index is 1.15. The quantitative estimate of drug-likeness (QED) is 0.597. The number of carbonyl (C=O) groups excluding carboxylic acids is 2. The number of amides is 2. The number of hydrogen-bond donors (Lipinski definition) is 2. The SMILES string of the molecule is O=C(CCC(=O)N/N=C1/C[C@@H]2CC=C[C@@H]12)N/N=C1/C[C@H]2CC=C[C@@H]12. The molecule has 2 amide bonds. The van der Waals surface area contributed by atoms with E-state index in [9.17, 15) is 9.59 Å². The topological polar surface area (TPSA) is 82.9 Å². The van der Waals surface area contributed by atoms with Crippen LogP contribution in [0.4, 0.5) is 0 Å². The third-order valence-electron chi connectivity index (χ3n) is 5.52. The molecular weight excluding hydrogens is 304 g/mol. The summed E-state index contributed by atoms with van der Waals surface area (Å²) in [5.74, 6) is 1.76. The predicted molar refractivity (Wildman–Crippen MR) is 91.1 cm³/mol. The molecule has 0 aromatic rings. The van der Waals surface area contributed by atoms with Gasteiger partial charge in [-0.1, -0.05) is 24.3 Å². The second kappa shape index (κ2) is 6.34. The van der Waals surface area contributed by atoms with Crippen LogP contribution in [0.5, 0.6) is 0 Å². The fraction of sp³-hybridized carbons (Fsp3) is 0.556. The number of allylic oxidation sites excluding steroid dienone is 4.